The van der Waals surface area contributed by atoms with Gasteiger partial charge in [-0.05, 0) is 52.5 Å². The lowest BCUT2D eigenvalue weighted by atomic mass is 10.1. The van der Waals surface area contributed by atoms with E-state index < -0.39 is 0 Å². The predicted octanol–water partition coefficient (Wildman–Crippen LogP) is 5.50. The molecule has 0 aliphatic rings. The van der Waals surface area contributed by atoms with Crippen LogP contribution in [-0.2, 0) is 6.42 Å². The van der Waals surface area contributed by atoms with Gasteiger partial charge in [0.25, 0.3) is 5.91 Å². The van der Waals surface area contributed by atoms with Crippen molar-refractivity contribution >= 4 is 38.9 Å². The molecule has 1 N–H and O–H groups in total. The van der Waals surface area contributed by atoms with Crippen molar-refractivity contribution in [1.82, 2.24) is 0 Å². The van der Waals surface area contributed by atoms with Crippen LogP contribution in [0.5, 0.6) is 0 Å². The number of amides is 1. The summed E-state index contributed by atoms with van der Waals surface area (Å²) in [5.74, 6) is -0.0642. The van der Waals surface area contributed by atoms with Crippen LogP contribution in [0.4, 0.5) is 5.69 Å². The molecule has 0 unspecified atom stereocenters. The molecule has 0 spiro atoms. The molecule has 0 saturated carbocycles. The zero-order chi connectivity index (χ0) is 14.4. The van der Waals surface area contributed by atoms with Gasteiger partial charge in [-0.2, -0.15) is 0 Å². The average molecular weight is 352 g/mol. The number of halogens is 1. The summed E-state index contributed by atoms with van der Waals surface area (Å²) < 4.78 is 0.967. The second kappa shape index (κ2) is 7.60. The summed E-state index contributed by atoms with van der Waals surface area (Å²) in [5.41, 5.74) is 2.86. The summed E-state index contributed by atoms with van der Waals surface area (Å²) in [6.07, 6.45) is 4.85. The van der Waals surface area contributed by atoms with Gasteiger partial charge in [0.1, 0.15) is 0 Å². The third-order valence-electron chi connectivity index (χ3n) is 3.11. The Morgan fingerprint density at radius 2 is 2.00 bits per heavy atom. The summed E-state index contributed by atoms with van der Waals surface area (Å²) >= 11 is 4.88. The van der Waals surface area contributed by atoms with E-state index in [0.717, 1.165) is 15.9 Å². The molecule has 2 rings (SSSR count). The molecule has 1 amide bonds. The van der Waals surface area contributed by atoms with Crippen molar-refractivity contribution in [3.63, 3.8) is 0 Å². The molecule has 1 aromatic heterocycles. The third-order valence-corrected chi connectivity index (χ3v) is 4.61. The molecule has 1 heterocycles. The number of rotatable bonds is 6. The van der Waals surface area contributed by atoms with E-state index in [2.05, 4.69) is 40.3 Å². The van der Waals surface area contributed by atoms with Gasteiger partial charge in [0.2, 0.25) is 0 Å². The molecule has 0 radical (unpaired) electrons. The van der Waals surface area contributed by atoms with Gasteiger partial charge < -0.3 is 5.32 Å². The van der Waals surface area contributed by atoms with Crippen LogP contribution in [0.2, 0.25) is 0 Å². The van der Waals surface area contributed by atoms with Crippen LogP contribution in [0.3, 0.4) is 0 Å². The van der Waals surface area contributed by atoms with Crippen LogP contribution in [-0.4, -0.2) is 5.91 Å². The van der Waals surface area contributed by atoms with E-state index in [4.69, 9.17) is 0 Å². The number of thiophene rings is 1. The molecule has 106 valence electrons. The second-order valence-corrected chi connectivity index (χ2v) is 7.04. The van der Waals surface area contributed by atoms with Crippen LogP contribution in [0.1, 0.15) is 42.1 Å². The molecule has 0 fully saturated rings. The number of carbonyl (C=O) groups is 1. The van der Waals surface area contributed by atoms with Gasteiger partial charge in [-0.25, -0.2) is 0 Å². The summed E-state index contributed by atoms with van der Waals surface area (Å²) in [7, 11) is 0. The van der Waals surface area contributed by atoms with Crippen molar-refractivity contribution in [2.24, 2.45) is 0 Å². The van der Waals surface area contributed by atoms with Gasteiger partial charge in [-0.15, -0.1) is 11.3 Å². The molecular weight excluding hydrogens is 334 g/mol. The minimum Gasteiger partial charge on any atom is -0.322 e. The van der Waals surface area contributed by atoms with Crippen molar-refractivity contribution in [3.05, 3.63) is 50.6 Å². The van der Waals surface area contributed by atoms with Crippen molar-refractivity contribution in [1.29, 1.82) is 0 Å². The Balaban J connectivity index is 1.91. The first kappa shape index (κ1) is 15.3. The number of hydrogen-bond donors (Lipinski definition) is 1. The number of hydrogen-bond acceptors (Lipinski definition) is 2. The highest BCUT2D eigenvalue weighted by Crippen LogP contribution is 2.21. The van der Waals surface area contributed by atoms with Gasteiger partial charge in [-0.1, -0.05) is 31.9 Å². The molecular formula is C16H18BrNOS. The zero-order valence-corrected chi connectivity index (χ0v) is 13.9. The minimum atomic E-state index is -0.0642. The highest BCUT2D eigenvalue weighted by Gasteiger charge is 2.08. The van der Waals surface area contributed by atoms with Crippen LogP contribution in [0.15, 0.2) is 39.5 Å². The zero-order valence-electron chi connectivity index (χ0n) is 11.5. The number of anilines is 1. The van der Waals surface area contributed by atoms with Crippen molar-refractivity contribution < 1.29 is 4.79 Å². The van der Waals surface area contributed by atoms with E-state index >= 15 is 0 Å². The number of unbranched alkanes of at least 4 members (excludes halogenated alkanes) is 2. The summed E-state index contributed by atoms with van der Waals surface area (Å²) in [5, 5.41) is 4.76. The van der Waals surface area contributed by atoms with Crippen LogP contribution in [0, 0.1) is 0 Å². The van der Waals surface area contributed by atoms with E-state index in [-0.39, 0.29) is 5.91 Å². The molecule has 4 heteroatoms. The van der Waals surface area contributed by atoms with E-state index in [1.807, 2.05) is 23.6 Å². The largest absolute Gasteiger partial charge is 0.322 e. The maximum Gasteiger partial charge on any atom is 0.256 e. The molecule has 2 aromatic rings. The van der Waals surface area contributed by atoms with Gasteiger partial charge >= 0.3 is 0 Å². The Kier molecular flexibility index (Phi) is 5.80. The fourth-order valence-electron chi connectivity index (χ4n) is 1.97. The minimum absolute atomic E-state index is 0.0642. The monoisotopic (exact) mass is 351 g/mol. The fraction of sp³-hybridized carbons (Fsp3) is 0.312. The summed E-state index contributed by atoms with van der Waals surface area (Å²) in [6.45, 7) is 2.21. The number of benzene rings is 1. The van der Waals surface area contributed by atoms with Crippen LogP contribution < -0.4 is 5.32 Å². The first-order valence-corrected chi connectivity index (χ1v) is 8.50. The molecule has 20 heavy (non-hydrogen) atoms. The molecule has 1 aromatic carbocycles. The lowest BCUT2D eigenvalue weighted by Gasteiger charge is -2.05. The normalized spacial score (nSPS) is 10.5. The van der Waals surface area contributed by atoms with Crippen LogP contribution in [0.25, 0.3) is 0 Å². The van der Waals surface area contributed by atoms with Gasteiger partial charge in [0, 0.05) is 11.1 Å². The highest BCUT2D eigenvalue weighted by molar-refractivity contribution is 9.11. The molecule has 0 atom stereocenters. The maximum atomic E-state index is 12.0. The van der Waals surface area contributed by atoms with Gasteiger partial charge in [0.05, 0.1) is 9.35 Å². The SMILES string of the molecule is CCCCCc1ccc(NC(=O)c2csc(Br)c2)cc1. The lowest BCUT2D eigenvalue weighted by molar-refractivity contribution is 0.102. The Labute approximate surface area is 132 Å². The maximum absolute atomic E-state index is 12.0. The van der Waals surface area contributed by atoms with E-state index in [0.29, 0.717) is 5.56 Å². The van der Waals surface area contributed by atoms with Gasteiger partial charge in [-0.3, -0.25) is 4.79 Å². The average Bonchev–Trinajstić information content (AvgIpc) is 2.88. The van der Waals surface area contributed by atoms with E-state index in [1.165, 1.54) is 36.2 Å². The standard InChI is InChI=1S/C16H18BrNOS/c1-2-3-4-5-12-6-8-14(9-7-12)18-16(19)13-10-15(17)20-11-13/h6-11H,2-5H2,1H3,(H,18,19). The molecule has 0 saturated heterocycles. The Morgan fingerprint density at radius 1 is 1.25 bits per heavy atom. The Morgan fingerprint density at radius 3 is 2.60 bits per heavy atom. The number of carbonyl (C=O) groups excluding carboxylic acids is 1. The second-order valence-electron chi connectivity index (χ2n) is 4.75. The third kappa shape index (κ3) is 4.46. The molecule has 2 nitrogen and oxygen atoms in total. The lowest BCUT2D eigenvalue weighted by Crippen LogP contribution is -2.10. The quantitative estimate of drug-likeness (QED) is 0.684. The summed E-state index contributed by atoms with van der Waals surface area (Å²) in [4.78, 5) is 12.0. The number of aryl methyl sites for hydroxylation is 1. The van der Waals surface area contributed by atoms with Crippen LogP contribution >= 0.6 is 27.3 Å². The number of nitrogens with one attached hydrogen (secondary N) is 1. The first-order valence-electron chi connectivity index (χ1n) is 6.83. The van der Waals surface area contributed by atoms with E-state index in [9.17, 15) is 4.79 Å². The Bertz CT molecular complexity index is 562. The summed E-state index contributed by atoms with van der Waals surface area (Å²) in [6, 6.07) is 9.96. The molecule has 0 aliphatic heterocycles. The topological polar surface area (TPSA) is 29.1 Å². The van der Waals surface area contributed by atoms with Crippen molar-refractivity contribution in [2.45, 2.75) is 32.6 Å². The van der Waals surface area contributed by atoms with Gasteiger partial charge in [0.15, 0.2) is 0 Å². The molecule has 0 aliphatic carbocycles. The van der Waals surface area contributed by atoms with Crippen molar-refractivity contribution in [2.75, 3.05) is 5.32 Å². The van der Waals surface area contributed by atoms with E-state index in [1.54, 1.807) is 0 Å². The highest BCUT2D eigenvalue weighted by atomic mass is 79.9. The smallest absolute Gasteiger partial charge is 0.256 e. The predicted molar refractivity (Wildman–Crippen MR) is 89.6 cm³/mol. The Hall–Kier alpha value is -1.13. The molecule has 0 bridgehead atoms. The first-order chi connectivity index (χ1) is 9.69. The fourth-order valence-corrected chi connectivity index (χ4v) is 3.10. The van der Waals surface area contributed by atoms with Crippen molar-refractivity contribution in [3.8, 4) is 0 Å².